The predicted molar refractivity (Wildman–Crippen MR) is 62.9 cm³/mol. The van der Waals surface area contributed by atoms with Crippen LogP contribution in [0.5, 0.6) is 0 Å². The first-order valence-corrected chi connectivity index (χ1v) is 6.14. The van der Waals surface area contributed by atoms with Gasteiger partial charge in [-0.1, -0.05) is 12.8 Å². The fourth-order valence-electron chi connectivity index (χ4n) is 2.67. The summed E-state index contributed by atoms with van der Waals surface area (Å²) in [6.45, 7) is 0. The van der Waals surface area contributed by atoms with Crippen molar-refractivity contribution >= 4 is 11.2 Å². The molecule has 2 heterocycles. The minimum absolute atomic E-state index is 0.0467. The van der Waals surface area contributed by atoms with E-state index in [0.717, 1.165) is 37.9 Å². The molecule has 7 heteroatoms. The maximum absolute atomic E-state index is 12.6. The molecule has 2 aromatic rings. The Morgan fingerprint density at radius 2 is 2.00 bits per heavy atom. The first kappa shape index (κ1) is 12.3. The third-order valence-electron chi connectivity index (χ3n) is 3.57. The van der Waals surface area contributed by atoms with Crippen molar-refractivity contribution in [3.8, 4) is 0 Å². The Kier molecular flexibility index (Phi) is 2.65. The van der Waals surface area contributed by atoms with Gasteiger partial charge in [0.1, 0.15) is 0 Å². The van der Waals surface area contributed by atoms with Gasteiger partial charge in [-0.3, -0.25) is 4.57 Å². The summed E-state index contributed by atoms with van der Waals surface area (Å²) in [4.78, 5) is 18.2. The number of aromatic nitrogens is 3. The molecule has 0 bridgehead atoms. The molecule has 19 heavy (non-hydrogen) atoms. The van der Waals surface area contributed by atoms with Crippen molar-refractivity contribution < 1.29 is 13.2 Å². The Bertz CT molecular complexity index is 665. The zero-order valence-electron chi connectivity index (χ0n) is 10.00. The quantitative estimate of drug-likeness (QED) is 0.867. The highest BCUT2D eigenvalue weighted by Gasteiger charge is 2.32. The van der Waals surface area contributed by atoms with Gasteiger partial charge < -0.3 is 4.98 Å². The number of rotatable bonds is 1. The summed E-state index contributed by atoms with van der Waals surface area (Å²) in [6.07, 6.45) is 0.133. The van der Waals surface area contributed by atoms with Gasteiger partial charge in [-0.2, -0.15) is 13.2 Å². The first-order chi connectivity index (χ1) is 8.97. The van der Waals surface area contributed by atoms with Crippen molar-refractivity contribution in [3.63, 3.8) is 0 Å². The molecule has 1 saturated carbocycles. The van der Waals surface area contributed by atoms with Gasteiger partial charge in [0.25, 0.3) is 0 Å². The van der Waals surface area contributed by atoms with E-state index in [4.69, 9.17) is 0 Å². The molecular formula is C12H12F3N3O. The molecule has 1 N–H and O–H groups in total. The lowest BCUT2D eigenvalue weighted by molar-refractivity contribution is -0.137. The average molecular weight is 271 g/mol. The first-order valence-electron chi connectivity index (χ1n) is 6.14. The highest BCUT2D eigenvalue weighted by atomic mass is 19.4. The predicted octanol–water partition coefficient (Wildman–Crippen LogP) is 2.86. The average Bonchev–Trinajstić information content (AvgIpc) is 2.92. The highest BCUT2D eigenvalue weighted by molar-refractivity contribution is 5.71. The van der Waals surface area contributed by atoms with E-state index in [2.05, 4.69) is 9.97 Å². The lowest BCUT2D eigenvalue weighted by Crippen LogP contribution is -2.20. The molecule has 3 rings (SSSR count). The molecule has 4 nitrogen and oxygen atoms in total. The Morgan fingerprint density at radius 1 is 1.32 bits per heavy atom. The van der Waals surface area contributed by atoms with Gasteiger partial charge in [-0.05, 0) is 18.9 Å². The zero-order valence-corrected chi connectivity index (χ0v) is 10.00. The van der Waals surface area contributed by atoms with Gasteiger partial charge in [0.05, 0.1) is 11.1 Å². The van der Waals surface area contributed by atoms with Crippen molar-refractivity contribution in [1.29, 1.82) is 0 Å². The monoisotopic (exact) mass is 271 g/mol. The van der Waals surface area contributed by atoms with Gasteiger partial charge >= 0.3 is 11.9 Å². The van der Waals surface area contributed by atoms with Crippen molar-refractivity contribution in [2.75, 3.05) is 0 Å². The molecule has 2 aromatic heterocycles. The lowest BCUT2D eigenvalue weighted by Gasteiger charge is -2.11. The van der Waals surface area contributed by atoms with Crippen LogP contribution in [-0.4, -0.2) is 14.5 Å². The SMILES string of the molecule is O=c1[nH]c2cc(C(F)(F)F)cnc2n1C1CCCC1. The Morgan fingerprint density at radius 3 is 2.63 bits per heavy atom. The van der Waals surface area contributed by atoms with Gasteiger partial charge in [-0.15, -0.1) is 0 Å². The zero-order chi connectivity index (χ0) is 13.6. The number of hydrogen-bond acceptors (Lipinski definition) is 2. The third kappa shape index (κ3) is 2.02. The van der Waals surface area contributed by atoms with Crippen LogP contribution in [0, 0.1) is 0 Å². The maximum atomic E-state index is 12.6. The number of H-pyrrole nitrogens is 1. The van der Waals surface area contributed by atoms with E-state index in [1.807, 2.05) is 0 Å². The van der Waals surface area contributed by atoms with Crippen LogP contribution in [0.2, 0.25) is 0 Å². The minimum atomic E-state index is -4.45. The molecular weight excluding hydrogens is 259 g/mol. The largest absolute Gasteiger partial charge is 0.417 e. The van der Waals surface area contributed by atoms with Crippen LogP contribution >= 0.6 is 0 Å². The highest BCUT2D eigenvalue weighted by Crippen LogP contribution is 2.32. The van der Waals surface area contributed by atoms with Gasteiger partial charge in [0, 0.05) is 12.2 Å². The number of nitrogens with one attached hydrogen (secondary N) is 1. The van der Waals surface area contributed by atoms with Gasteiger partial charge in [0.2, 0.25) is 0 Å². The fraction of sp³-hybridized carbons (Fsp3) is 0.500. The molecule has 0 amide bonds. The Hall–Kier alpha value is -1.79. The smallest absolute Gasteiger partial charge is 0.304 e. The molecule has 0 unspecified atom stereocenters. The second-order valence-electron chi connectivity index (χ2n) is 4.83. The number of aromatic amines is 1. The second-order valence-corrected chi connectivity index (χ2v) is 4.83. The van der Waals surface area contributed by atoms with Gasteiger partial charge in [0.15, 0.2) is 5.65 Å². The van der Waals surface area contributed by atoms with E-state index in [9.17, 15) is 18.0 Å². The van der Waals surface area contributed by atoms with Crippen LogP contribution in [0.4, 0.5) is 13.2 Å². The molecule has 0 aromatic carbocycles. The molecule has 102 valence electrons. The topological polar surface area (TPSA) is 50.7 Å². The molecule has 0 radical (unpaired) electrons. The molecule has 0 saturated heterocycles. The molecule has 0 atom stereocenters. The number of imidazole rings is 1. The number of pyridine rings is 1. The number of halogens is 3. The van der Waals surface area contributed by atoms with Crippen LogP contribution in [0.1, 0.15) is 37.3 Å². The summed E-state index contributed by atoms with van der Waals surface area (Å²) >= 11 is 0. The van der Waals surface area contributed by atoms with Crippen molar-refractivity contribution in [1.82, 2.24) is 14.5 Å². The second kappa shape index (κ2) is 4.11. The number of fused-ring (bicyclic) bond motifs is 1. The van der Waals surface area contributed by atoms with Crippen molar-refractivity contribution in [2.24, 2.45) is 0 Å². The van der Waals surface area contributed by atoms with Crippen LogP contribution in [0.3, 0.4) is 0 Å². The molecule has 1 aliphatic carbocycles. The Balaban J connectivity index is 2.15. The number of alkyl halides is 3. The van der Waals surface area contributed by atoms with Crippen LogP contribution in [0.15, 0.2) is 17.1 Å². The summed E-state index contributed by atoms with van der Waals surface area (Å²) in [6, 6.07) is 0.986. The number of hydrogen-bond donors (Lipinski definition) is 1. The van der Waals surface area contributed by atoms with Crippen molar-refractivity contribution in [3.05, 3.63) is 28.3 Å². The summed E-state index contributed by atoms with van der Waals surface area (Å²) in [5, 5.41) is 0. The summed E-state index contributed by atoms with van der Waals surface area (Å²) < 4.78 is 39.2. The van der Waals surface area contributed by atoms with E-state index in [-0.39, 0.29) is 17.2 Å². The summed E-state index contributed by atoms with van der Waals surface area (Å²) in [7, 11) is 0. The minimum Gasteiger partial charge on any atom is -0.304 e. The van der Waals surface area contributed by atoms with E-state index < -0.39 is 11.7 Å². The van der Waals surface area contributed by atoms with Crippen LogP contribution in [0.25, 0.3) is 11.2 Å². The standard InChI is InChI=1S/C12H12F3N3O/c13-12(14,15)7-5-9-10(16-6-7)18(11(19)17-9)8-3-1-2-4-8/h5-6,8H,1-4H2,(H,17,19). The fourth-order valence-corrected chi connectivity index (χ4v) is 2.67. The van der Waals surface area contributed by atoms with E-state index >= 15 is 0 Å². The van der Waals surface area contributed by atoms with Crippen LogP contribution < -0.4 is 5.69 Å². The van der Waals surface area contributed by atoms with E-state index in [1.54, 1.807) is 0 Å². The summed E-state index contributed by atoms with van der Waals surface area (Å²) in [5.74, 6) is 0. The maximum Gasteiger partial charge on any atom is 0.417 e. The number of nitrogens with zero attached hydrogens (tertiary/aromatic N) is 2. The molecule has 0 aliphatic heterocycles. The molecule has 1 fully saturated rings. The lowest BCUT2D eigenvalue weighted by atomic mass is 10.2. The van der Waals surface area contributed by atoms with E-state index in [1.165, 1.54) is 4.57 Å². The summed E-state index contributed by atoms with van der Waals surface area (Å²) in [5.41, 5.74) is -0.773. The molecule has 1 aliphatic rings. The third-order valence-corrected chi connectivity index (χ3v) is 3.57. The van der Waals surface area contributed by atoms with Gasteiger partial charge in [-0.25, -0.2) is 9.78 Å². The molecule has 0 spiro atoms. The van der Waals surface area contributed by atoms with Crippen molar-refractivity contribution in [2.45, 2.75) is 37.9 Å². The normalized spacial score (nSPS) is 17.4. The van der Waals surface area contributed by atoms with E-state index in [0.29, 0.717) is 5.65 Å². The Labute approximate surface area is 106 Å². The van der Waals surface area contributed by atoms with Crippen LogP contribution in [-0.2, 0) is 6.18 Å².